The molecule has 0 aliphatic rings. The van der Waals surface area contributed by atoms with Crippen LogP contribution >= 0.6 is 0 Å². The first-order valence-corrected chi connectivity index (χ1v) is 5.61. The third-order valence-corrected chi connectivity index (χ3v) is 2.18. The number of nitrogens with two attached hydrogens (primary N) is 1. The van der Waals surface area contributed by atoms with Crippen LogP contribution in [0.15, 0.2) is 18.5 Å². The van der Waals surface area contributed by atoms with Gasteiger partial charge in [0.1, 0.15) is 0 Å². The monoisotopic (exact) mass is 247 g/mol. The molecule has 1 atom stereocenters. The lowest BCUT2D eigenvalue weighted by Crippen LogP contribution is -2.36. The minimum atomic E-state index is -0.191. The van der Waals surface area contributed by atoms with Gasteiger partial charge >= 0.3 is 0 Å². The summed E-state index contributed by atoms with van der Waals surface area (Å²) < 4.78 is 4.96. The smallest absolute Gasteiger partial charge is 0.252 e. The van der Waals surface area contributed by atoms with E-state index in [1.165, 1.54) is 0 Å². The van der Waals surface area contributed by atoms with Crippen molar-refractivity contribution in [3.63, 3.8) is 0 Å². The van der Waals surface area contributed by atoms with Crippen molar-refractivity contribution in [2.45, 2.75) is 13.0 Å². The van der Waals surface area contributed by atoms with E-state index in [0.717, 1.165) is 0 Å². The molecule has 0 fully saturated rings. The van der Waals surface area contributed by atoms with E-state index >= 15 is 0 Å². The van der Waals surface area contributed by atoms with Crippen LogP contribution < -0.4 is 11.1 Å². The topological polar surface area (TPSA) is 77.2 Å². The van der Waals surface area contributed by atoms with E-state index in [1.54, 1.807) is 25.6 Å². The van der Waals surface area contributed by atoms with Crippen LogP contribution in [-0.2, 0) is 4.74 Å². The maximum Gasteiger partial charge on any atom is 0.252 e. The third kappa shape index (κ3) is 4.17. The molecule has 0 aliphatic heterocycles. The number of nitrogens with one attached hydrogen (secondary N) is 1. The van der Waals surface area contributed by atoms with Crippen LogP contribution in [0.3, 0.4) is 0 Å². The Morgan fingerprint density at radius 2 is 2.44 bits per heavy atom. The highest BCUT2D eigenvalue weighted by Gasteiger charge is 2.12. The minimum Gasteiger partial charge on any atom is -0.383 e. The fraction of sp³-hybridized carbons (Fsp3) is 0.385. The quantitative estimate of drug-likeness (QED) is 0.743. The Balaban J connectivity index is 2.85. The molecule has 0 bridgehead atoms. The van der Waals surface area contributed by atoms with Gasteiger partial charge in [-0.25, -0.2) is 0 Å². The second-order valence-corrected chi connectivity index (χ2v) is 3.76. The number of carbonyl (C=O) groups excluding carboxylic acids is 1. The summed E-state index contributed by atoms with van der Waals surface area (Å²) in [5.41, 5.74) is 6.38. The molecule has 18 heavy (non-hydrogen) atoms. The van der Waals surface area contributed by atoms with E-state index in [9.17, 15) is 4.79 Å². The average Bonchev–Trinajstić information content (AvgIpc) is 2.36. The molecular formula is C13H17N3O2. The molecule has 5 heteroatoms. The summed E-state index contributed by atoms with van der Waals surface area (Å²) >= 11 is 0. The molecule has 96 valence electrons. The predicted molar refractivity (Wildman–Crippen MR) is 69.0 cm³/mol. The van der Waals surface area contributed by atoms with Crippen molar-refractivity contribution in [3.8, 4) is 11.8 Å². The second kappa shape index (κ2) is 7.43. The maximum atomic E-state index is 12.0. The number of amides is 1. The van der Waals surface area contributed by atoms with Crippen molar-refractivity contribution in [1.82, 2.24) is 10.3 Å². The predicted octanol–water partition coefficient (Wildman–Crippen LogP) is 0.157. The number of carbonyl (C=O) groups is 1. The fourth-order valence-electron chi connectivity index (χ4n) is 1.43. The molecule has 0 radical (unpaired) electrons. The second-order valence-electron chi connectivity index (χ2n) is 3.76. The summed E-state index contributed by atoms with van der Waals surface area (Å²) in [4.78, 5) is 16.0. The van der Waals surface area contributed by atoms with Gasteiger partial charge in [-0.1, -0.05) is 11.8 Å². The lowest BCUT2D eigenvalue weighted by molar-refractivity contribution is 0.0905. The fourth-order valence-corrected chi connectivity index (χ4v) is 1.43. The molecule has 0 spiro atoms. The summed E-state index contributed by atoms with van der Waals surface area (Å²) in [7, 11) is 1.59. The first-order chi connectivity index (χ1) is 8.69. The molecular weight excluding hydrogens is 230 g/mol. The van der Waals surface area contributed by atoms with Crippen molar-refractivity contribution in [1.29, 1.82) is 0 Å². The van der Waals surface area contributed by atoms with Gasteiger partial charge in [-0.15, -0.1) is 0 Å². The van der Waals surface area contributed by atoms with Crippen molar-refractivity contribution in [3.05, 3.63) is 29.6 Å². The van der Waals surface area contributed by atoms with Crippen molar-refractivity contribution < 1.29 is 9.53 Å². The number of nitrogens with zero attached hydrogens (tertiary/aromatic N) is 1. The van der Waals surface area contributed by atoms with E-state index in [0.29, 0.717) is 17.7 Å². The van der Waals surface area contributed by atoms with Crippen LogP contribution in [0.1, 0.15) is 22.8 Å². The number of hydrogen-bond donors (Lipinski definition) is 2. The number of ether oxygens (including phenoxy) is 1. The summed E-state index contributed by atoms with van der Waals surface area (Å²) in [6, 6.07) is 1.57. The number of pyridine rings is 1. The summed E-state index contributed by atoms with van der Waals surface area (Å²) in [5.74, 6) is 5.35. The molecule has 5 nitrogen and oxygen atoms in total. The lowest BCUT2D eigenvalue weighted by atomic mass is 10.1. The molecule has 1 amide bonds. The van der Waals surface area contributed by atoms with Crippen LogP contribution in [0.25, 0.3) is 0 Å². The zero-order chi connectivity index (χ0) is 13.4. The molecule has 1 aromatic rings. The molecule has 1 rings (SSSR count). The Morgan fingerprint density at radius 1 is 1.67 bits per heavy atom. The van der Waals surface area contributed by atoms with Crippen LogP contribution in [0.5, 0.6) is 0 Å². The van der Waals surface area contributed by atoms with Gasteiger partial charge in [0.05, 0.1) is 24.3 Å². The molecule has 0 saturated heterocycles. The molecule has 0 saturated carbocycles. The highest BCUT2D eigenvalue weighted by Crippen LogP contribution is 2.05. The van der Waals surface area contributed by atoms with Gasteiger partial charge in [0.15, 0.2) is 0 Å². The highest BCUT2D eigenvalue weighted by atomic mass is 16.5. The van der Waals surface area contributed by atoms with E-state index in [4.69, 9.17) is 10.5 Å². The van der Waals surface area contributed by atoms with E-state index in [1.807, 2.05) is 6.92 Å². The van der Waals surface area contributed by atoms with Crippen molar-refractivity contribution >= 4 is 5.91 Å². The third-order valence-electron chi connectivity index (χ3n) is 2.18. The van der Waals surface area contributed by atoms with Crippen LogP contribution in [0, 0.1) is 11.8 Å². The van der Waals surface area contributed by atoms with E-state index in [2.05, 4.69) is 22.1 Å². The molecule has 0 aliphatic carbocycles. The number of rotatable bonds is 4. The molecule has 3 N–H and O–H groups in total. The molecule has 0 aromatic carbocycles. The number of aromatic nitrogens is 1. The average molecular weight is 247 g/mol. The van der Waals surface area contributed by atoms with Gasteiger partial charge < -0.3 is 15.8 Å². The molecule has 1 aromatic heterocycles. The summed E-state index contributed by atoms with van der Waals surface area (Å²) in [6.45, 7) is 2.57. The van der Waals surface area contributed by atoms with Gasteiger partial charge in [-0.3, -0.25) is 9.78 Å². The maximum absolute atomic E-state index is 12.0. The minimum absolute atomic E-state index is 0.0639. The molecule has 1 heterocycles. The SMILES string of the molecule is COCC(C)NC(=O)c1ccncc1C#CCN. The van der Waals surface area contributed by atoms with Gasteiger partial charge in [0.2, 0.25) is 0 Å². The molecule has 1 unspecified atom stereocenters. The Hall–Kier alpha value is -1.90. The highest BCUT2D eigenvalue weighted by molar-refractivity contribution is 5.96. The number of methoxy groups -OCH3 is 1. The largest absolute Gasteiger partial charge is 0.383 e. The standard InChI is InChI=1S/C13H17N3O2/c1-10(9-18-2)16-13(17)12-5-7-15-8-11(12)4-3-6-14/h5,7-8,10H,6,9,14H2,1-2H3,(H,16,17). The van der Waals surface area contributed by atoms with Crippen LogP contribution in [0.2, 0.25) is 0 Å². The Labute approximate surface area is 107 Å². The van der Waals surface area contributed by atoms with Crippen molar-refractivity contribution in [2.75, 3.05) is 20.3 Å². The van der Waals surface area contributed by atoms with Gasteiger partial charge in [0, 0.05) is 25.5 Å². The van der Waals surface area contributed by atoms with Gasteiger partial charge in [-0.05, 0) is 13.0 Å². The summed E-state index contributed by atoms with van der Waals surface area (Å²) in [5, 5.41) is 2.82. The Kier molecular flexibility index (Phi) is 5.85. The van der Waals surface area contributed by atoms with Gasteiger partial charge in [-0.2, -0.15) is 0 Å². The lowest BCUT2D eigenvalue weighted by Gasteiger charge is -2.13. The van der Waals surface area contributed by atoms with E-state index < -0.39 is 0 Å². The van der Waals surface area contributed by atoms with Crippen LogP contribution in [0.4, 0.5) is 0 Å². The first kappa shape index (κ1) is 14.2. The van der Waals surface area contributed by atoms with Crippen LogP contribution in [-0.4, -0.2) is 37.2 Å². The Morgan fingerprint density at radius 3 is 3.11 bits per heavy atom. The zero-order valence-corrected chi connectivity index (χ0v) is 10.6. The first-order valence-electron chi connectivity index (χ1n) is 5.61. The van der Waals surface area contributed by atoms with Gasteiger partial charge in [0.25, 0.3) is 5.91 Å². The number of hydrogen-bond acceptors (Lipinski definition) is 4. The van der Waals surface area contributed by atoms with E-state index in [-0.39, 0.29) is 18.5 Å². The Bertz CT molecular complexity index is 463. The summed E-state index contributed by atoms with van der Waals surface area (Å²) in [6.07, 6.45) is 3.11. The zero-order valence-electron chi connectivity index (χ0n) is 10.6. The van der Waals surface area contributed by atoms with Crippen molar-refractivity contribution in [2.24, 2.45) is 5.73 Å². The normalized spacial score (nSPS) is 11.3.